The standard InChI is InChI=1S/C14H16BrNOS/c1-2-8-17-11-5-3-4-10(9-11)14(16)12-6-7-13(15)18-12/h3-7,9,14H,2,8,16H2,1H3. The molecule has 0 aliphatic carbocycles. The van der Waals surface area contributed by atoms with Gasteiger partial charge in [0.2, 0.25) is 0 Å². The Morgan fingerprint density at radius 3 is 2.83 bits per heavy atom. The summed E-state index contributed by atoms with van der Waals surface area (Å²) in [5.74, 6) is 0.889. The van der Waals surface area contributed by atoms with E-state index in [-0.39, 0.29) is 6.04 Å². The monoisotopic (exact) mass is 325 g/mol. The maximum absolute atomic E-state index is 6.26. The summed E-state index contributed by atoms with van der Waals surface area (Å²) in [6, 6.07) is 12.0. The predicted molar refractivity (Wildman–Crippen MR) is 80.3 cm³/mol. The molecule has 18 heavy (non-hydrogen) atoms. The van der Waals surface area contributed by atoms with E-state index in [9.17, 15) is 0 Å². The first-order chi connectivity index (χ1) is 8.70. The van der Waals surface area contributed by atoms with Crippen molar-refractivity contribution in [3.05, 3.63) is 50.6 Å². The molecular weight excluding hydrogens is 310 g/mol. The molecule has 2 rings (SSSR count). The quantitative estimate of drug-likeness (QED) is 0.887. The SMILES string of the molecule is CCCOc1cccc(C(N)c2ccc(Br)s2)c1. The van der Waals surface area contributed by atoms with Gasteiger partial charge >= 0.3 is 0 Å². The van der Waals surface area contributed by atoms with Crippen LogP contribution < -0.4 is 10.5 Å². The molecule has 2 aromatic rings. The Balaban J connectivity index is 2.17. The summed E-state index contributed by atoms with van der Waals surface area (Å²) in [7, 11) is 0. The van der Waals surface area contributed by atoms with E-state index in [1.165, 1.54) is 0 Å². The number of hydrogen-bond donors (Lipinski definition) is 1. The fourth-order valence-electron chi connectivity index (χ4n) is 1.68. The number of halogens is 1. The molecule has 0 aliphatic rings. The minimum absolute atomic E-state index is 0.0912. The summed E-state index contributed by atoms with van der Waals surface area (Å²) in [5, 5.41) is 0. The van der Waals surface area contributed by atoms with Crippen molar-refractivity contribution >= 4 is 27.3 Å². The van der Waals surface area contributed by atoms with Gasteiger partial charge in [0, 0.05) is 4.88 Å². The van der Waals surface area contributed by atoms with Gasteiger partial charge in [0.05, 0.1) is 16.4 Å². The van der Waals surface area contributed by atoms with E-state index in [1.807, 2.05) is 30.3 Å². The molecule has 0 spiro atoms. The van der Waals surface area contributed by atoms with Crippen molar-refractivity contribution in [1.29, 1.82) is 0 Å². The molecule has 96 valence electrons. The summed E-state index contributed by atoms with van der Waals surface area (Å²) in [5.41, 5.74) is 7.34. The third-order valence-corrected chi connectivity index (χ3v) is 4.30. The smallest absolute Gasteiger partial charge is 0.119 e. The zero-order valence-corrected chi connectivity index (χ0v) is 12.6. The fourth-order valence-corrected chi connectivity index (χ4v) is 3.13. The van der Waals surface area contributed by atoms with Crippen LogP contribution in [0.4, 0.5) is 0 Å². The van der Waals surface area contributed by atoms with E-state index in [1.54, 1.807) is 11.3 Å². The van der Waals surface area contributed by atoms with Gasteiger partial charge in [-0.25, -0.2) is 0 Å². The van der Waals surface area contributed by atoms with E-state index >= 15 is 0 Å². The predicted octanol–water partition coefficient (Wildman–Crippen LogP) is 4.35. The largest absolute Gasteiger partial charge is 0.494 e. The lowest BCUT2D eigenvalue weighted by molar-refractivity contribution is 0.317. The summed E-state index contributed by atoms with van der Waals surface area (Å²) in [6.45, 7) is 2.84. The first kappa shape index (κ1) is 13.6. The van der Waals surface area contributed by atoms with Crippen molar-refractivity contribution in [1.82, 2.24) is 0 Å². The maximum Gasteiger partial charge on any atom is 0.119 e. The second-order valence-corrected chi connectivity index (χ2v) is 6.54. The van der Waals surface area contributed by atoms with Crippen molar-refractivity contribution in [3.8, 4) is 5.75 Å². The first-order valence-electron chi connectivity index (χ1n) is 5.94. The number of nitrogens with two attached hydrogens (primary N) is 1. The molecular formula is C14H16BrNOS. The minimum Gasteiger partial charge on any atom is -0.494 e. The average molecular weight is 326 g/mol. The number of rotatable bonds is 5. The Bertz CT molecular complexity index is 512. The Morgan fingerprint density at radius 1 is 1.33 bits per heavy atom. The second kappa shape index (κ2) is 6.36. The summed E-state index contributed by atoms with van der Waals surface area (Å²) in [4.78, 5) is 1.15. The lowest BCUT2D eigenvalue weighted by atomic mass is 10.1. The highest BCUT2D eigenvalue weighted by Gasteiger charge is 2.11. The van der Waals surface area contributed by atoms with Gasteiger partial charge in [-0.3, -0.25) is 0 Å². The number of benzene rings is 1. The van der Waals surface area contributed by atoms with Crippen LogP contribution in [-0.4, -0.2) is 6.61 Å². The minimum atomic E-state index is -0.0912. The Kier molecular flexibility index (Phi) is 4.80. The highest BCUT2D eigenvalue weighted by atomic mass is 79.9. The van der Waals surface area contributed by atoms with Crippen molar-refractivity contribution in [2.24, 2.45) is 5.73 Å². The van der Waals surface area contributed by atoms with Gasteiger partial charge in [-0.15, -0.1) is 11.3 Å². The van der Waals surface area contributed by atoms with Crippen LogP contribution in [-0.2, 0) is 0 Å². The van der Waals surface area contributed by atoms with Crippen LogP contribution in [0.2, 0.25) is 0 Å². The van der Waals surface area contributed by atoms with E-state index in [0.29, 0.717) is 0 Å². The summed E-state index contributed by atoms with van der Waals surface area (Å²) >= 11 is 5.13. The molecule has 0 amide bonds. The van der Waals surface area contributed by atoms with Crippen LogP contribution in [0.25, 0.3) is 0 Å². The molecule has 0 radical (unpaired) electrons. The molecule has 0 fully saturated rings. The molecule has 4 heteroatoms. The molecule has 1 atom stereocenters. The van der Waals surface area contributed by atoms with Gasteiger partial charge in [-0.2, -0.15) is 0 Å². The topological polar surface area (TPSA) is 35.2 Å². The van der Waals surface area contributed by atoms with Gasteiger partial charge in [0.25, 0.3) is 0 Å². The van der Waals surface area contributed by atoms with Gasteiger partial charge in [-0.1, -0.05) is 19.1 Å². The van der Waals surface area contributed by atoms with Gasteiger partial charge in [0.15, 0.2) is 0 Å². The normalized spacial score (nSPS) is 12.4. The average Bonchev–Trinajstić information content (AvgIpc) is 2.82. The summed E-state index contributed by atoms with van der Waals surface area (Å²) < 4.78 is 6.73. The molecule has 2 nitrogen and oxygen atoms in total. The van der Waals surface area contributed by atoms with E-state index in [4.69, 9.17) is 10.5 Å². The van der Waals surface area contributed by atoms with Crippen LogP contribution in [0.15, 0.2) is 40.2 Å². The Labute approximate surface area is 120 Å². The summed E-state index contributed by atoms with van der Waals surface area (Å²) in [6.07, 6.45) is 1.01. The van der Waals surface area contributed by atoms with Crippen LogP contribution in [0, 0.1) is 0 Å². The molecule has 0 bridgehead atoms. The second-order valence-electron chi connectivity index (χ2n) is 4.04. The van der Waals surface area contributed by atoms with Gasteiger partial charge < -0.3 is 10.5 Å². The van der Waals surface area contributed by atoms with E-state index < -0.39 is 0 Å². The Hall–Kier alpha value is -0.840. The van der Waals surface area contributed by atoms with Crippen LogP contribution in [0.3, 0.4) is 0 Å². The van der Waals surface area contributed by atoms with Crippen molar-refractivity contribution in [2.75, 3.05) is 6.61 Å². The van der Waals surface area contributed by atoms with Crippen LogP contribution in [0.1, 0.15) is 29.8 Å². The fraction of sp³-hybridized carbons (Fsp3) is 0.286. The lowest BCUT2D eigenvalue weighted by Gasteiger charge is -2.12. The first-order valence-corrected chi connectivity index (χ1v) is 7.55. The van der Waals surface area contributed by atoms with Crippen molar-refractivity contribution < 1.29 is 4.74 Å². The van der Waals surface area contributed by atoms with E-state index in [2.05, 4.69) is 28.9 Å². The molecule has 0 saturated heterocycles. The highest BCUT2D eigenvalue weighted by Crippen LogP contribution is 2.30. The molecule has 1 heterocycles. The molecule has 0 saturated carbocycles. The van der Waals surface area contributed by atoms with Gasteiger partial charge in [0.1, 0.15) is 5.75 Å². The molecule has 2 N–H and O–H groups in total. The van der Waals surface area contributed by atoms with Crippen LogP contribution >= 0.6 is 27.3 Å². The van der Waals surface area contributed by atoms with E-state index in [0.717, 1.165) is 33.0 Å². The third-order valence-electron chi connectivity index (χ3n) is 2.59. The molecule has 1 aromatic heterocycles. The van der Waals surface area contributed by atoms with Crippen LogP contribution in [0.5, 0.6) is 5.75 Å². The highest BCUT2D eigenvalue weighted by molar-refractivity contribution is 9.11. The molecule has 1 aromatic carbocycles. The zero-order chi connectivity index (χ0) is 13.0. The number of ether oxygens (including phenoxy) is 1. The number of hydrogen-bond acceptors (Lipinski definition) is 3. The zero-order valence-electron chi connectivity index (χ0n) is 10.2. The van der Waals surface area contributed by atoms with Gasteiger partial charge in [-0.05, 0) is 52.2 Å². The molecule has 1 unspecified atom stereocenters. The van der Waals surface area contributed by atoms with Crippen molar-refractivity contribution in [2.45, 2.75) is 19.4 Å². The van der Waals surface area contributed by atoms with Crippen molar-refractivity contribution in [3.63, 3.8) is 0 Å². The third kappa shape index (κ3) is 3.34. The maximum atomic E-state index is 6.26. The lowest BCUT2D eigenvalue weighted by Crippen LogP contribution is -2.10. The molecule has 0 aliphatic heterocycles. The number of thiophene rings is 1. The Morgan fingerprint density at radius 2 is 2.17 bits per heavy atom.